The third kappa shape index (κ3) is 3.27. The second-order valence-corrected chi connectivity index (χ2v) is 6.78. The zero-order chi connectivity index (χ0) is 16.4. The number of hydrogen-bond acceptors (Lipinski definition) is 6. The molecule has 0 atom stereocenters. The van der Waals surface area contributed by atoms with Crippen molar-refractivity contribution in [1.82, 2.24) is 0 Å². The highest BCUT2D eigenvalue weighted by Gasteiger charge is 2.18. The molecule has 8 heteroatoms. The summed E-state index contributed by atoms with van der Waals surface area (Å²) in [6.45, 7) is 0.117. The number of hydrogen-bond donors (Lipinski definition) is 2. The van der Waals surface area contributed by atoms with E-state index >= 15 is 0 Å². The van der Waals surface area contributed by atoms with Crippen LogP contribution in [0.5, 0.6) is 11.5 Å². The van der Waals surface area contributed by atoms with Gasteiger partial charge in [-0.15, -0.1) is 0 Å². The van der Waals surface area contributed by atoms with E-state index in [2.05, 4.69) is 17.4 Å². The van der Waals surface area contributed by atoms with Gasteiger partial charge in [-0.1, -0.05) is 12.1 Å². The first-order chi connectivity index (χ1) is 11.0. The Labute approximate surface area is 138 Å². The fraction of sp³-hybridized carbons (Fsp3) is 0.133. The van der Waals surface area contributed by atoms with Gasteiger partial charge < -0.3 is 9.47 Å². The van der Waals surface area contributed by atoms with Crippen LogP contribution in [-0.2, 0) is 10.0 Å². The van der Waals surface area contributed by atoms with Crippen molar-refractivity contribution in [2.24, 2.45) is 0 Å². The number of Topliss-reactive ketones (excluding diaryl/α,β-unsaturated/α-hetero) is 1. The minimum absolute atomic E-state index is 0.0610. The number of ether oxygens (including phenoxy) is 2. The lowest BCUT2D eigenvalue weighted by molar-refractivity contribution is 0.102. The maximum Gasteiger partial charge on any atom is 0.261 e. The van der Waals surface area contributed by atoms with Gasteiger partial charge in [-0.3, -0.25) is 9.52 Å². The molecule has 0 aliphatic carbocycles. The molecule has 23 heavy (non-hydrogen) atoms. The number of thiol groups is 1. The lowest BCUT2D eigenvalue weighted by Gasteiger charge is -2.09. The van der Waals surface area contributed by atoms with Gasteiger partial charge in [0.05, 0.1) is 16.3 Å². The van der Waals surface area contributed by atoms with Crippen LogP contribution < -0.4 is 14.2 Å². The molecular formula is C15H13NO5S2. The lowest BCUT2D eigenvalue weighted by atomic mass is 10.1. The maximum atomic E-state index is 12.4. The first-order valence-electron chi connectivity index (χ1n) is 6.66. The largest absolute Gasteiger partial charge is 0.454 e. The molecule has 1 N–H and O–H groups in total. The van der Waals surface area contributed by atoms with Crippen LogP contribution in [0.4, 0.5) is 5.69 Å². The Morgan fingerprint density at radius 3 is 2.48 bits per heavy atom. The van der Waals surface area contributed by atoms with Gasteiger partial charge in [-0.2, -0.15) is 12.6 Å². The van der Waals surface area contributed by atoms with Crippen molar-refractivity contribution in [2.45, 2.75) is 4.90 Å². The number of nitrogens with one attached hydrogen (secondary N) is 1. The number of anilines is 1. The van der Waals surface area contributed by atoms with E-state index in [0.717, 1.165) is 0 Å². The van der Waals surface area contributed by atoms with Crippen molar-refractivity contribution >= 4 is 34.1 Å². The summed E-state index contributed by atoms with van der Waals surface area (Å²) < 4.78 is 37.6. The third-order valence-electron chi connectivity index (χ3n) is 3.25. The predicted molar refractivity (Wildman–Crippen MR) is 88.0 cm³/mol. The quantitative estimate of drug-likeness (QED) is 0.638. The number of fused-ring (bicyclic) bond motifs is 1. The molecule has 3 rings (SSSR count). The normalized spacial score (nSPS) is 12.9. The second kappa shape index (κ2) is 6.13. The van der Waals surface area contributed by atoms with Crippen LogP contribution in [0.25, 0.3) is 0 Å². The zero-order valence-electron chi connectivity index (χ0n) is 11.9. The highest BCUT2D eigenvalue weighted by molar-refractivity contribution is 7.92. The minimum atomic E-state index is -3.76. The Kier molecular flexibility index (Phi) is 4.18. The summed E-state index contributed by atoms with van der Waals surface area (Å²) in [6.07, 6.45) is 0. The molecule has 1 aliphatic rings. The average Bonchev–Trinajstić information content (AvgIpc) is 3.01. The lowest BCUT2D eigenvalue weighted by Crippen LogP contribution is -2.13. The summed E-state index contributed by atoms with van der Waals surface area (Å²) in [5, 5.41) is 0. The first-order valence-corrected chi connectivity index (χ1v) is 8.78. The van der Waals surface area contributed by atoms with Crippen LogP contribution >= 0.6 is 12.6 Å². The second-order valence-electron chi connectivity index (χ2n) is 4.78. The highest BCUT2D eigenvalue weighted by atomic mass is 32.2. The number of ketones is 1. The molecule has 1 aliphatic heterocycles. The van der Waals surface area contributed by atoms with Crippen LogP contribution in [0.15, 0.2) is 47.4 Å². The van der Waals surface area contributed by atoms with Crippen molar-refractivity contribution in [2.75, 3.05) is 17.3 Å². The Morgan fingerprint density at radius 2 is 1.78 bits per heavy atom. The summed E-state index contributed by atoms with van der Waals surface area (Å²) in [5.41, 5.74) is 0.784. The molecule has 2 aromatic rings. The molecule has 0 spiro atoms. The van der Waals surface area contributed by atoms with Gasteiger partial charge in [0.1, 0.15) is 0 Å². The van der Waals surface area contributed by atoms with Gasteiger partial charge in [0.2, 0.25) is 6.79 Å². The summed E-state index contributed by atoms with van der Waals surface area (Å²) >= 11 is 3.91. The number of rotatable bonds is 5. The van der Waals surface area contributed by atoms with Gasteiger partial charge in [0, 0.05) is 11.6 Å². The SMILES string of the molecule is O=C(CS)c1ccc(S(=O)(=O)Nc2ccc3c(c2)OCO3)cc1. The zero-order valence-corrected chi connectivity index (χ0v) is 13.6. The van der Waals surface area contributed by atoms with E-state index in [9.17, 15) is 13.2 Å². The topological polar surface area (TPSA) is 81.7 Å². The molecule has 0 radical (unpaired) electrons. The number of carbonyl (C=O) groups is 1. The van der Waals surface area contributed by atoms with Gasteiger partial charge in [0.25, 0.3) is 10.0 Å². The monoisotopic (exact) mass is 351 g/mol. The van der Waals surface area contributed by atoms with E-state index in [0.29, 0.717) is 22.7 Å². The van der Waals surface area contributed by atoms with E-state index in [1.807, 2.05) is 0 Å². The fourth-order valence-corrected chi connectivity index (χ4v) is 3.32. The van der Waals surface area contributed by atoms with Gasteiger partial charge in [-0.25, -0.2) is 8.42 Å². The van der Waals surface area contributed by atoms with Crippen LogP contribution in [0.3, 0.4) is 0 Å². The molecule has 0 fully saturated rings. The van der Waals surface area contributed by atoms with E-state index in [-0.39, 0.29) is 23.2 Å². The predicted octanol–water partition coefficient (Wildman–Crippen LogP) is 2.33. The molecule has 0 amide bonds. The Hall–Kier alpha value is -2.19. The van der Waals surface area contributed by atoms with Crippen molar-refractivity contribution in [3.05, 3.63) is 48.0 Å². The maximum absolute atomic E-state index is 12.4. The van der Waals surface area contributed by atoms with Crippen molar-refractivity contribution in [3.8, 4) is 11.5 Å². The van der Waals surface area contributed by atoms with Crippen LogP contribution in [0.1, 0.15) is 10.4 Å². The summed E-state index contributed by atoms with van der Waals surface area (Å²) in [5.74, 6) is 0.963. The molecule has 6 nitrogen and oxygen atoms in total. The van der Waals surface area contributed by atoms with Gasteiger partial charge >= 0.3 is 0 Å². The number of carbonyl (C=O) groups excluding carboxylic acids is 1. The minimum Gasteiger partial charge on any atom is -0.454 e. The van der Waals surface area contributed by atoms with E-state index < -0.39 is 10.0 Å². The van der Waals surface area contributed by atoms with E-state index in [1.165, 1.54) is 24.3 Å². The van der Waals surface area contributed by atoms with Crippen molar-refractivity contribution in [3.63, 3.8) is 0 Å². The smallest absolute Gasteiger partial charge is 0.261 e. The average molecular weight is 351 g/mol. The summed E-state index contributed by atoms with van der Waals surface area (Å²) in [6, 6.07) is 10.5. The number of sulfonamides is 1. The fourth-order valence-electron chi connectivity index (χ4n) is 2.09. The molecule has 1 heterocycles. The highest BCUT2D eigenvalue weighted by Crippen LogP contribution is 2.34. The van der Waals surface area contributed by atoms with Crippen LogP contribution in [0.2, 0.25) is 0 Å². The van der Waals surface area contributed by atoms with Crippen LogP contribution in [0, 0.1) is 0 Å². The Bertz CT molecular complexity index is 847. The van der Waals surface area contributed by atoms with E-state index in [4.69, 9.17) is 9.47 Å². The summed E-state index contributed by atoms with van der Waals surface area (Å²) in [4.78, 5) is 11.6. The molecular weight excluding hydrogens is 338 g/mol. The van der Waals surface area contributed by atoms with Gasteiger partial charge in [-0.05, 0) is 24.3 Å². The van der Waals surface area contributed by atoms with Crippen LogP contribution in [-0.4, -0.2) is 26.7 Å². The molecule has 0 bridgehead atoms. The molecule has 0 saturated heterocycles. The molecule has 120 valence electrons. The van der Waals surface area contributed by atoms with Crippen molar-refractivity contribution < 1.29 is 22.7 Å². The Balaban J connectivity index is 1.82. The molecule has 2 aromatic carbocycles. The van der Waals surface area contributed by atoms with Gasteiger partial charge in [0.15, 0.2) is 17.3 Å². The Morgan fingerprint density at radius 1 is 1.09 bits per heavy atom. The molecule has 0 aromatic heterocycles. The van der Waals surface area contributed by atoms with E-state index in [1.54, 1.807) is 18.2 Å². The van der Waals surface area contributed by atoms with Crippen molar-refractivity contribution in [1.29, 1.82) is 0 Å². The first kappa shape index (κ1) is 15.7. The standard InChI is InChI=1S/C15H13NO5S2/c17-13(8-22)10-1-4-12(5-2-10)23(18,19)16-11-3-6-14-15(7-11)21-9-20-14/h1-7,16,22H,8-9H2. The third-order valence-corrected chi connectivity index (χ3v) is 4.94. The summed E-state index contributed by atoms with van der Waals surface area (Å²) in [7, 11) is -3.76. The molecule has 0 saturated carbocycles. The molecule has 0 unspecified atom stereocenters. The number of benzene rings is 2.